The van der Waals surface area contributed by atoms with Crippen LogP contribution in [0.4, 0.5) is 5.69 Å². The predicted molar refractivity (Wildman–Crippen MR) is 92.3 cm³/mol. The molecule has 5 heteroatoms. The van der Waals surface area contributed by atoms with E-state index < -0.39 is 0 Å². The molecule has 3 N–H and O–H groups in total. The van der Waals surface area contributed by atoms with Gasteiger partial charge in [-0.3, -0.25) is 0 Å². The highest BCUT2D eigenvalue weighted by atomic mass is 32.1. The molecule has 1 unspecified atom stereocenters. The summed E-state index contributed by atoms with van der Waals surface area (Å²) < 4.78 is 5.29. The number of methoxy groups -OCH3 is 1. The highest BCUT2D eigenvalue weighted by Gasteiger charge is 2.15. The van der Waals surface area contributed by atoms with E-state index in [-0.39, 0.29) is 0 Å². The summed E-state index contributed by atoms with van der Waals surface area (Å²) >= 11 is 5.13. The van der Waals surface area contributed by atoms with Crippen LogP contribution >= 0.6 is 12.2 Å². The lowest BCUT2D eigenvalue weighted by atomic mass is 10.1. The maximum Gasteiger partial charge on any atom is 0.120 e. The van der Waals surface area contributed by atoms with Gasteiger partial charge in [-0.25, -0.2) is 0 Å². The number of nitrogens with two attached hydrogens (primary N) is 1. The lowest BCUT2D eigenvalue weighted by Gasteiger charge is -2.30. The molecule has 1 aliphatic rings. The quantitative estimate of drug-likeness (QED) is 0.791. The van der Waals surface area contributed by atoms with Crippen LogP contribution in [0.2, 0.25) is 0 Å². The Morgan fingerprint density at radius 3 is 2.71 bits per heavy atom. The van der Waals surface area contributed by atoms with Gasteiger partial charge in [-0.2, -0.15) is 0 Å². The Hall–Kier alpha value is -1.33. The Morgan fingerprint density at radius 1 is 1.38 bits per heavy atom. The van der Waals surface area contributed by atoms with Crippen molar-refractivity contribution in [2.24, 2.45) is 5.73 Å². The molecular weight excluding hydrogens is 282 g/mol. The normalized spacial score (nSPS) is 17.2. The molecule has 1 fully saturated rings. The molecule has 1 aromatic rings. The van der Waals surface area contributed by atoms with E-state index in [9.17, 15) is 0 Å². The van der Waals surface area contributed by atoms with Crippen molar-refractivity contribution in [2.75, 3.05) is 32.1 Å². The molecule has 1 saturated heterocycles. The fourth-order valence-corrected chi connectivity index (χ4v) is 3.00. The fourth-order valence-electron chi connectivity index (χ4n) is 2.82. The third kappa shape index (κ3) is 4.58. The van der Waals surface area contributed by atoms with Gasteiger partial charge in [0.2, 0.25) is 0 Å². The molecule has 1 atom stereocenters. The van der Waals surface area contributed by atoms with E-state index >= 15 is 0 Å². The Bertz CT molecular complexity index is 486. The van der Waals surface area contributed by atoms with Crippen LogP contribution in [0, 0.1) is 0 Å². The van der Waals surface area contributed by atoms with Crippen LogP contribution in [0.3, 0.4) is 0 Å². The molecule has 0 bridgehead atoms. The minimum absolute atomic E-state index is 0.336. The number of rotatable bonds is 6. The molecule has 0 radical (unpaired) electrons. The van der Waals surface area contributed by atoms with Crippen LogP contribution in [0.1, 0.15) is 31.7 Å². The number of thiocarbonyl (C=S) groups is 1. The lowest BCUT2D eigenvalue weighted by molar-refractivity contribution is 0.223. The van der Waals surface area contributed by atoms with Gasteiger partial charge in [0.05, 0.1) is 7.11 Å². The van der Waals surface area contributed by atoms with Crippen LogP contribution < -0.4 is 15.8 Å². The lowest BCUT2D eigenvalue weighted by Crippen LogP contribution is -2.38. The highest BCUT2D eigenvalue weighted by molar-refractivity contribution is 7.80. The van der Waals surface area contributed by atoms with Crippen molar-refractivity contribution in [3.8, 4) is 5.75 Å². The second-order valence-corrected chi connectivity index (χ2v) is 6.12. The van der Waals surface area contributed by atoms with Gasteiger partial charge in [0.1, 0.15) is 10.7 Å². The van der Waals surface area contributed by atoms with Crippen molar-refractivity contribution in [1.82, 2.24) is 4.90 Å². The monoisotopic (exact) mass is 307 g/mol. The molecule has 0 spiro atoms. The van der Waals surface area contributed by atoms with E-state index in [2.05, 4.69) is 17.1 Å². The number of anilines is 1. The summed E-state index contributed by atoms with van der Waals surface area (Å²) in [6, 6.07) is 6.09. The van der Waals surface area contributed by atoms with E-state index in [1.165, 1.54) is 32.4 Å². The second-order valence-electron chi connectivity index (χ2n) is 5.68. The Labute approximate surface area is 132 Å². The van der Waals surface area contributed by atoms with E-state index in [0.717, 1.165) is 23.5 Å². The molecule has 1 aliphatic heterocycles. The minimum Gasteiger partial charge on any atom is -0.497 e. The number of ether oxygens (including phenoxy) is 1. The first-order chi connectivity index (χ1) is 10.1. The second kappa shape index (κ2) is 7.61. The molecule has 1 aromatic carbocycles. The number of likely N-dealkylation sites (tertiary alicyclic amines) is 1. The van der Waals surface area contributed by atoms with Gasteiger partial charge in [-0.05, 0) is 45.0 Å². The molecule has 2 rings (SSSR count). The fraction of sp³-hybridized carbons (Fsp3) is 0.562. The molecular formula is C16H25N3OS. The van der Waals surface area contributed by atoms with Crippen LogP contribution in [0.5, 0.6) is 5.75 Å². The largest absolute Gasteiger partial charge is 0.497 e. The van der Waals surface area contributed by atoms with Gasteiger partial charge in [-0.15, -0.1) is 0 Å². The van der Waals surface area contributed by atoms with Gasteiger partial charge in [0, 0.05) is 29.9 Å². The SMILES string of the molecule is COc1ccc(C(N)=S)c(NC(C)CN2CCCCC2)c1. The standard InChI is InChI=1S/C16H25N3OS/c1-12(11-19-8-4-3-5-9-19)18-15-10-13(20-2)6-7-14(15)16(17)21/h6-7,10,12,18H,3-5,8-9,11H2,1-2H3,(H2,17,21). The molecule has 0 aromatic heterocycles. The molecule has 116 valence electrons. The summed E-state index contributed by atoms with van der Waals surface area (Å²) in [7, 11) is 1.66. The molecule has 1 heterocycles. The van der Waals surface area contributed by atoms with Crippen molar-refractivity contribution < 1.29 is 4.74 Å². The average molecular weight is 307 g/mol. The van der Waals surface area contributed by atoms with Crippen LogP contribution in [0.25, 0.3) is 0 Å². The Balaban J connectivity index is 2.04. The zero-order chi connectivity index (χ0) is 15.2. The molecule has 21 heavy (non-hydrogen) atoms. The van der Waals surface area contributed by atoms with Gasteiger partial charge in [0.15, 0.2) is 0 Å². The van der Waals surface area contributed by atoms with Gasteiger partial charge in [-0.1, -0.05) is 18.6 Å². The first-order valence-electron chi connectivity index (χ1n) is 7.57. The molecule has 0 aliphatic carbocycles. The van der Waals surface area contributed by atoms with E-state index in [0.29, 0.717) is 11.0 Å². The third-order valence-electron chi connectivity index (χ3n) is 3.87. The summed E-state index contributed by atoms with van der Waals surface area (Å²) in [5, 5.41) is 3.52. The Kier molecular flexibility index (Phi) is 5.82. The maximum atomic E-state index is 5.81. The van der Waals surface area contributed by atoms with Crippen LogP contribution in [-0.4, -0.2) is 42.7 Å². The predicted octanol–water partition coefficient (Wildman–Crippen LogP) is 2.62. The Morgan fingerprint density at radius 2 is 2.10 bits per heavy atom. The zero-order valence-electron chi connectivity index (χ0n) is 12.9. The molecule has 0 amide bonds. The first kappa shape index (κ1) is 16.0. The third-order valence-corrected chi connectivity index (χ3v) is 4.09. The number of hydrogen-bond donors (Lipinski definition) is 2. The molecule has 0 saturated carbocycles. The zero-order valence-corrected chi connectivity index (χ0v) is 13.7. The van der Waals surface area contributed by atoms with Gasteiger partial charge in [0.25, 0.3) is 0 Å². The number of hydrogen-bond acceptors (Lipinski definition) is 4. The average Bonchev–Trinajstić information content (AvgIpc) is 2.47. The summed E-state index contributed by atoms with van der Waals surface area (Å²) in [4.78, 5) is 2.92. The minimum atomic E-state index is 0.336. The molecule has 4 nitrogen and oxygen atoms in total. The number of piperidine rings is 1. The van der Waals surface area contributed by atoms with Crippen LogP contribution in [-0.2, 0) is 0 Å². The highest BCUT2D eigenvalue weighted by Crippen LogP contribution is 2.23. The number of nitrogens with zero attached hydrogens (tertiary/aromatic N) is 1. The van der Waals surface area contributed by atoms with Crippen molar-refractivity contribution in [3.05, 3.63) is 23.8 Å². The number of nitrogens with one attached hydrogen (secondary N) is 1. The van der Waals surface area contributed by atoms with Gasteiger partial charge < -0.3 is 20.7 Å². The van der Waals surface area contributed by atoms with E-state index in [1.54, 1.807) is 7.11 Å². The topological polar surface area (TPSA) is 50.5 Å². The van der Waals surface area contributed by atoms with Gasteiger partial charge >= 0.3 is 0 Å². The summed E-state index contributed by atoms with van der Waals surface area (Å²) in [5.41, 5.74) is 7.63. The van der Waals surface area contributed by atoms with Crippen molar-refractivity contribution in [1.29, 1.82) is 0 Å². The summed E-state index contributed by atoms with van der Waals surface area (Å²) in [6.07, 6.45) is 3.98. The van der Waals surface area contributed by atoms with E-state index in [4.69, 9.17) is 22.7 Å². The first-order valence-corrected chi connectivity index (χ1v) is 7.97. The summed E-state index contributed by atoms with van der Waals surface area (Å²) in [5.74, 6) is 0.808. The smallest absolute Gasteiger partial charge is 0.120 e. The summed E-state index contributed by atoms with van der Waals surface area (Å²) in [6.45, 7) is 5.63. The van der Waals surface area contributed by atoms with Crippen molar-refractivity contribution in [3.63, 3.8) is 0 Å². The van der Waals surface area contributed by atoms with Crippen LogP contribution in [0.15, 0.2) is 18.2 Å². The van der Waals surface area contributed by atoms with Crippen molar-refractivity contribution >= 4 is 22.9 Å². The maximum absolute atomic E-state index is 5.81. The van der Waals surface area contributed by atoms with E-state index in [1.807, 2.05) is 18.2 Å². The number of benzene rings is 1. The van der Waals surface area contributed by atoms with Crippen molar-refractivity contribution in [2.45, 2.75) is 32.2 Å².